The van der Waals surface area contributed by atoms with Gasteiger partial charge in [-0.3, -0.25) is 4.98 Å². The van der Waals surface area contributed by atoms with Crippen LogP contribution in [-0.2, 0) is 6.42 Å². The average Bonchev–Trinajstić information content (AvgIpc) is 2.49. The van der Waals surface area contributed by atoms with Crippen molar-refractivity contribution in [3.63, 3.8) is 0 Å². The Balaban J connectivity index is 2.33. The highest BCUT2D eigenvalue weighted by atomic mass is 15.0. The number of rotatable bonds is 2. The van der Waals surface area contributed by atoms with Crippen LogP contribution in [0.4, 0.5) is 5.82 Å². The lowest BCUT2D eigenvalue weighted by molar-refractivity contribution is 0.940. The van der Waals surface area contributed by atoms with Gasteiger partial charge in [-0.05, 0) is 19.1 Å². The van der Waals surface area contributed by atoms with Crippen molar-refractivity contribution in [3.05, 3.63) is 47.9 Å². The Hall–Kier alpha value is -2.49. The summed E-state index contributed by atoms with van der Waals surface area (Å²) in [4.78, 5) is 13.3. The second-order valence-electron chi connectivity index (χ2n) is 4.73. The van der Waals surface area contributed by atoms with E-state index in [2.05, 4.69) is 27.1 Å². The molecule has 0 spiro atoms. The van der Waals surface area contributed by atoms with Gasteiger partial charge >= 0.3 is 0 Å². The number of pyridine rings is 1. The minimum atomic E-state index is 0.549. The van der Waals surface area contributed by atoms with E-state index in [0.717, 1.165) is 40.0 Å². The monoisotopic (exact) mass is 264 g/mol. The first kappa shape index (κ1) is 12.5. The van der Waals surface area contributed by atoms with Crippen molar-refractivity contribution in [1.29, 1.82) is 0 Å². The third-order valence-electron chi connectivity index (χ3n) is 3.45. The van der Waals surface area contributed by atoms with E-state index in [0.29, 0.717) is 5.82 Å². The molecule has 0 aliphatic heterocycles. The quantitative estimate of drug-likeness (QED) is 0.772. The molecule has 2 heterocycles. The van der Waals surface area contributed by atoms with Crippen molar-refractivity contribution in [2.75, 3.05) is 5.73 Å². The summed E-state index contributed by atoms with van der Waals surface area (Å²) in [6.45, 7) is 3.98. The lowest BCUT2D eigenvalue weighted by Crippen LogP contribution is -2.04. The Morgan fingerprint density at radius 1 is 1.10 bits per heavy atom. The zero-order valence-electron chi connectivity index (χ0n) is 11.6. The highest BCUT2D eigenvalue weighted by molar-refractivity contribution is 5.94. The van der Waals surface area contributed by atoms with Crippen LogP contribution in [0.5, 0.6) is 0 Å². The minimum absolute atomic E-state index is 0.549. The fourth-order valence-corrected chi connectivity index (χ4v) is 2.31. The summed E-state index contributed by atoms with van der Waals surface area (Å²) in [6, 6.07) is 10.0. The lowest BCUT2D eigenvalue weighted by Gasteiger charge is -2.11. The van der Waals surface area contributed by atoms with Gasteiger partial charge in [0.1, 0.15) is 11.6 Å². The first-order valence-electron chi connectivity index (χ1n) is 6.67. The van der Waals surface area contributed by atoms with Crippen LogP contribution in [-0.4, -0.2) is 15.0 Å². The first-order valence-corrected chi connectivity index (χ1v) is 6.67. The van der Waals surface area contributed by atoms with E-state index in [1.165, 1.54) is 0 Å². The third-order valence-corrected chi connectivity index (χ3v) is 3.45. The molecule has 0 saturated heterocycles. The van der Waals surface area contributed by atoms with Crippen LogP contribution in [0.2, 0.25) is 0 Å². The summed E-state index contributed by atoms with van der Waals surface area (Å²) in [6.07, 6.45) is 2.56. The van der Waals surface area contributed by atoms with E-state index in [1.807, 2.05) is 32.0 Å². The fourth-order valence-electron chi connectivity index (χ4n) is 2.31. The number of benzene rings is 1. The number of nitrogen functional groups attached to an aromatic ring is 1. The summed E-state index contributed by atoms with van der Waals surface area (Å²) in [5.74, 6) is 1.32. The van der Waals surface area contributed by atoms with E-state index < -0.39 is 0 Å². The topological polar surface area (TPSA) is 64.7 Å². The Kier molecular flexibility index (Phi) is 3.06. The summed E-state index contributed by atoms with van der Waals surface area (Å²) in [5.41, 5.74) is 9.83. The van der Waals surface area contributed by atoms with E-state index in [4.69, 9.17) is 5.73 Å². The number of nitrogens with zero attached hydrogens (tertiary/aromatic N) is 3. The number of nitrogens with two attached hydrogens (primary N) is 1. The molecule has 0 atom stereocenters. The molecule has 3 rings (SSSR count). The van der Waals surface area contributed by atoms with Crippen LogP contribution in [0.25, 0.3) is 22.2 Å². The SMILES string of the molecule is CCc1nc(N)c(C)c(-c2cccc3ncccc23)n1. The Labute approximate surface area is 117 Å². The van der Waals surface area contributed by atoms with Gasteiger partial charge in [0.15, 0.2) is 0 Å². The van der Waals surface area contributed by atoms with Crippen LogP contribution < -0.4 is 5.73 Å². The summed E-state index contributed by atoms with van der Waals surface area (Å²) in [7, 11) is 0. The molecular formula is C16H16N4. The standard InChI is InChI=1S/C16H16N4/c1-3-14-19-15(10(2)16(17)20-14)12-6-4-8-13-11(12)7-5-9-18-13/h4-9H,3H2,1-2H3,(H2,17,19,20). The minimum Gasteiger partial charge on any atom is -0.383 e. The lowest BCUT2D eigenvalue weighted by atomic mass is 10.0. The van der Waals surface area contributed by atoms with Crippen molar-refractivity contribution in [3.8, 4) is 11.3 Å². The van der Waals surface area contributed by atoms with Gasteiger partial charge < -0.3 is 5.73 Å². The molecule has 2 N–H and O–H groups in total. The zero-order chi connectivity index (χ0) is 14.1. The van der Waals surface area contributed by atoms with Crippen LogP contribution in [0.15, 0.2) is 36.5 Å². The zero-order valence-corrected chi connectivity index (χ0v) is 11.6. The number of anilines is 1. The Morgan fingerprint density at radius 3 is 2.75 bits per heavy atom. The second-order valence-corrected chi connectivity index (χ2v) is 4.73. The van der Waals surface area contributed by atoms with Crippen molar-refractivity contribution in [1.82, 2.24) is 15.0 Å². The average molecular weight is 264 g/mol. The molecule has 3 aromatic rings. The third kappa shape index (κ3) is 1.99. The fraction of sp³-hybridized carbons (Fsp3) is 0.188. The highest BCUT2D eigenvalue weighted by Gasteiger charge is 2.12. The molecule has 100 valence electrons. The second kappa shape index (κ2) is 4.89. The smallest absolute Gasteiger partial charge is 0.131 e. The van der Waals surface area contributed by atoms with Gasteiger partial charge in [-0.1, -0.05) is 25.1 Å². The molecule has 4 heteroatoms. The van der Waals surface area contributed by atoms with E-state index in [9.17, 15) is 0 Å². The van der Waals surface area contributed by atoms with Gasteiger partial charge in [0.2, 0.25) is 0 Å². The number of aryl methyl sites for hydroxylation is 1. The predicted molar refractivity (Wildman–Crippen MR) is 81.3 cm³/mol. The van der Waals surface area contributed by atoms with Crippen molar-refractivity contribution in [2.45, 2.75) is 20.3 Å². The number of hydrogen-bond donors (Lipinski definition) is 1. The normalized spacial score (nSPS) is 10.9. The molecule has 0 fully saturated rings. The van der Waals surface area contributed by atoms with Gasteiger partial charge in [-0.15, -0.1) is 0 Å². The van der Waals surface area contributed by atoms with Crippen LogP contribution >= 0.6 is 0 Å². The summed E-state index contributed by atoms with van der Waals surface area (Å²) in [5, 5.41) is 1.08. The highest BCUT2D eigenvalue weighted by Crippen LogP contribution is 2.30. The van der Waals surface area contributed by atoms with Crippen molar-refractivity contribution >= 4 is 16.7 Å². The van der Waals surface area contributed by atoms with Gasteiger partial charge in [0.25, 0.3) is 0 Å². The molecule has 2 aromatic heterocycles. The maximum Gasteiger partial charge on any atom is 0.131 e. The van der Waals surface area contributed by atoms with Crippen molar-refractivity contribution in [2.24, 2.45) is 0 Å². The number of hydrogen-bond acceptors (Lipinski definition) is 4. The Bertz CT molecular complexity index is 775. The molecule has 0 aliphatic carbocycles. The van der Waals surface area contributed by atoms with Gasteiger partial charge in [-0.2, -0.15) is 0 Å². The van der Waals surface area contributed by atoms with E-state index >= 15 is 0 Å². The molecular weight excluding hydrogens is 248 g/mol. The number of fused-ring (bicyclic) bond motifs is 1. The molecule has 0 bridgehead atoms. The van der Waals surface area contributed by atoms with Crippen LogP contribution in [0.3, 0.4) is 0 Å². The molecule has 20 heavy (non-hydrogen) atoms. The van der Waals surface area contributed by atoms with Crippen LogP contribution in [0.1, 0.15) is 18.3 Å². The Morgan fingerprint density at radius 2 is 1.95 bits per heavy atom. The van der Waals surface area contributed by atoms with Gasteiger partial charge in [0.05, 0.1) is 11.2 Å². The van der Waals surface area contributed by atoms with Gasteiger partial charge in [-0.25, -0.2) is 9.97 Å². The molecule has 0 saturated carbocycles. The maximum absolute atomic E-state index is 6.01. The van der Waals surface area contributed by atoms with E-state index in [-0.39, 0.29) is 0 Å². The van der Waals surface area contributed by atoms with Crippen molar-refractivity contribution < 1.29 is 0 Å². The number of aromatic nitrogens is 3. The van der Waals surface area contributed by atoms with E-state index in [1.54, 1.807) is 6.20 Å². The molecule has 4 nitrogen and oxygen atoms in total. The van der Waals surface area contributed by atoms with Gasteiger partial charge in [0, 0.05) is 29.1 Å². The molecule has 0 unspecified atom stereocenters. The summed E-state index contributed by atoms with van der Waals surface area (Å²) >= 11 is 0. The molecule has 0 amide bonds. The molecule has 0 aliphatic rings. The maximum atomic E-state index is 6.01. The molecule has 1 aromatic carbocycles. The first-order chi connectivity index (χ1) is 9.70. The predicted octanol–water partition coefficient (Wildman–Crippen LogP) is 3.14. The van der Waals surface area contributed by atoms with Crippen LogP contribution in [0, 0.1) is 6.92 Å². The molecule has 0 radical (unpaired) electrons. The largest absolute Gasteiger partial charge is 0.383 e. The summed E-state index contributed by atoms with van der Waals surface area (Å²) < 4.78 is 0.